The van der Waals surface area contributed by atoms with Crippen molar-refractivity contribution in [2.24, 2.45) is 4.99 Å². The maximum atomic E-state index is 13.1. The fraction of sp³-hybridized carbons (Fsp3) is 0.125. The molecule has 0 saturated carbocycles. The summed E-state index contributed by atoms with van der Waals surface area (Å²) in [6, 6.07) is 15.4. The van der Waals surface area contributed by atoms with Gasteiger partial charge in [-0.05, 0) is 73.7 Å². The maximum absolute atomic E-state index is 13.1. The van der Waals surface area contributed by atoms with Crippen LogP contribution < -0.4 is 9.52 Å². The predicted octanol–water partition coefficient (Wildman–Crippen LogP) is 4.19. The summed E-state index contributed by atoms with van der Waals surface area (Å²) < 4.78 is 47.8. The second-order valence-corrected chi connectivity index (χ2v) is 10.0. The molecular formula is C24H20FN3O5S2. The normalized spacial score (nSPS) is 12.0. The van der Waals surface area contributed by atoms with Crippen LogP contribution in [0.5, 0.6) is 0 Å². The van der Waals surface area contributed by atoms with Gasteiger partial charge in [0.05, 0.1) is 27.8 Å². The molecule has 0 unspecified atom stereocenters. The number of carbonyl (C=O) groups is 2. The number of hydrogen-bond donors (Lipinski definition) is 1. The number of methoxy groups -OCH3 is 1. The Morgan fingerprint density at radius 3 is 2.31 bits per heavy atom. The van der Waals surface area contributed by atoms with Gasteiger partial charge in [0, 0.05) is 17.8 Å². The third-order valence-electron chi connectivity index (χ3n) is 5.13. The van der Waals surface area contributed by atoms with E-state index < -0.39 is 27.7 Å². The van der Waals surface area contributed by atoms with Gasteiger partial charge in [0.15, 0.2) is 4.80 Å². The van der Waals surface area contributed by atoms with Crippen molar-refractivity contribution < 1.29 is 27.1 Å². The van der Waals surface area contributed by atoms with E-state index in [2.05, 4.69) is 9.71 Å². The van der Waals surface area contributed by atoms with E-state index in [1.165, 1.54) is 42.7 Å². The molecule has 4 rings (SSSR count). The monoisotopic (exact) mass is 513 g/mol. The lowest BCUT2D eigenvalue weighted by Gasteiger charge is -2.08. The topological polar surface area (TPSA) is 107 Å². The molecule has 1 aromatic heterocycles. The highest BCUT2D eigenvalue weighted by Gasteiger charge is 2.15. The number of benzene rings is 3. The van der Waals surface area contributed by atoms with Crippen molar-refractivity contribution in [3.05, 3.63) is 88.5 Å². The van der Waals surface area contributed by atoms with Gasteiger partial charge >= 0.3 is 5.97 Å². The summed E-state index contributed by atoms with van der Waals surface area (Å²) >= 11 is 1.27. The average Bonchev–Trinajstić information content (AvgIpc) is 3.19. The van der Waals surface area contributed by atoms with Crippen LogP contribution in [-0.2, 0) is 21.3 Å². The van der Waals surface area contributed by atoms with E-state index in [1.54, 1.807) is 18.2 Å². The molecule has 35 heavy (non-hydrogen) atoms. The first-order valence-electron chi connectivity index (χ1n) is 10.4. The molecule has 0 aliphatic heterocycles. The van der Waals surface area contributed by atoms with Crippen molar-refractivity contribution in [1.82, 2.24) is 4.57 Å². The fourth-order valence-corrected chi connectivity index (χ4v) is 5.56. The first-order chi connectivity index (χ1) is 16.7. The molecule has 1 N–H and O–H groups in total. The fourth-order valence-electron chi connectivity index (χ4n) is 3.37. The summed E-state index contributed by atoms with van der Waals surface area (Å²) in [4.78, 5) is 29.3. The highest BCUT2D eigenvalue weighted by molar-refractivity contribution is 7.92. The number of rotatable bonds is 6. The molecule has 180 valence electrons. The lowest BCUT2D eigenvalue weighted by Crippen LogP contribution is -2.16. The number of nitrogens with one attached hydrogen (secondary N) is 1. The Bertz CT molecular complexity index is 1590. The molecular weight excluding hydrogens is 493 g/mol. The molecule has 0 aliphatic carbocycles. The summed E-state index contributed by atoms with van der Waals surface area (Å²) in [5, 5.41) is 0. The minimum atomic E-state index is -3.91. The average molecular weight is 514 g/mol. The molecule has 0 bridgehead atoms. The van der Waals surface area contributed by atoms with Crippen molar-refractivity contribution in [3.8, 4) is 0 Å². The highest BCUT2D eigenvalue weighted by atomic mass is 32.2. The van der Waals surface area contributed by atoms with Crippen LogP contribution >= 0.6 is 11.3 Å². The molecule has 1 heterocycles. The molecule has 0 radical (unpaired) electrons. The number of sulfonamides is 1. The van der Waals surface area contributed by atoms with Crippen LogP contribution in [0.2, 0.25) is 0 Å². The zero-order valence-electron chi connectivity index (χ0n) is 18.7. The van der Waals surface area contributed by atoms with E-state index in [0.29, 0.717) is 16.9 Å². The Labute approximate surface area is 204 Å². The Balaban J connectivity index is 1.59. The summed E-state index contributed by atoms with van der Waals surface area (Å²) in [7, 11) is -2.60. The largest absolute Gasteiger partial charge is 0.465 e. The highest BCUT2D eigenvalue weighted by Crippen LogP contribution is 2.21. The van der Waals surface area contributed by atoms with Crippen LogP contribution in [0.3, 0.4) is 0 Å². The van der Waals surface area contributed by atoms with Crippen LogP contribution in [0, 0.1) is 5.82 Å². The molecule has 0 atom stereocenters. The summed E-state index contributed by atoms with van der Waals surface area (Å²) in [5.41, 5.74) is 1.75. The second-order valence-electron chi connectivity index (χ2n) is 7.36. The number of fused-ring (bicyclic) bond motifs is 1. The number of carbonyl (C=O) groups excluding carboxylic acids is 2. The second kappa shape index (κ2) is 9.80. The Morgan fingerprint density at radius 1 is 1.03 bits per heavy atom. The van der Waals surface area contributed by atoms with Gasteiger partial charge in [0.2, 0.25) is 0 Å². The van der Waals surface area contributed by atoms with Gasteiger partial charge in [-0.25, -0.2) is 17.6 Å². The van der Waals surface area contributed by atoms with Crippen molar-refractivity contribution in [3.63, 3.8) is 0 Å². The third kappa shape index (κ3) is 5.15. The van der Waals surface area contributed by atoms with Crippen molar-refractivity contribution in [2.45, 2.75) is 18.4 Å². The van der Waals surface area contributed by atoms with E-state index in [4.69, 9.17) is 4.74 Å². The van der Waals surface area contributed by atoms with Crippen molar-refractivity contribution >= 4 is 49.1 Å². The SMILES string of the molecule is CCn1c(=NC(=O)c2ccc(NS(=O)(=O)c3ccc(F)cc3)cc2)sc2cc(C(=O)OC)ccc21. The maximum Gasteiger partial charge on any atom is 0.337 e. The van der Waals surface area contributed by atoms with Crippen LogP contribution in [0.1, 0.15) is 27.6 Å². The minimum Gasteiger partial charge on any atom is -0.465 e. The van der Waals surface area contributed by atoms with Crippen LogP contribution in [0.25, 0.3) is 10.2 Å². The smallest absolute Gasteiger partial charge is 0.337 e. The first kappa shape index (κ1) is 24.3. The molecule has 8 nitrogen and oxygen atoms in total. The van der Waals surface area contributed by atoms with Gasteiger partial charge in [0.25, 0.3) is 15.9 Å². The van der Waals surface area contributed by atoms with Gasteiger partial charge in [-0.15, -0.1) is 0 Å². The number of thiazole rings is 1. The molecule has 3 aromatic carbocycles. The van der Waals surface area contributed by atoms with E-state index in [9.17, 15) is 22.4 Å². The number of amides is 1. The lowest BCUT2D eigenvalue weighted by molar-refractivity contribution is 0.0600. The number of esters is 1. The Hall–Kier alpha value is -3.83. The first-order valence-corrected chi connectivity index (χ1v) is 12.7. The van der Waals surface area contributed by atoms with Crippen LogP contribution in [0.4, 0.5) is 10.1 Å². The zero-order valence-corrected chi connectivity index (χ0v) is 20.3. The number of aromatic nitrogens is 1. The summed E-state index contributed by atoms with van der Waals surface area (Å²) in [6.45, 7) is 2.49. The number of anilines is 1. The number of aryl methyl sites for hydroxylation is 1. The van der Waals surface area contributed by atoms with Crippen LogP contribution in [0.15, 0.2) is 76.6 Å². The summed E-state index contributed by atoms with van der Waals surface area (Å²) in [6.07, 6.45) is 0. The molecule has 4 aromatic rings. The molecule has 11 heteroatoms. The Kier molecular flexibility index (Phi) is 6.81. The van der Waals surface area contributed by atoms with Gasteiger partial charge in [0.1, 0.15) is 5.82 Å². The van der Waals surface area contributed by atoms with E-state index in [-0.39, 0.29) is 16.1 Å². The third-order valence-corrected chi connectivity index (χ3v) is 7.56. The molecule has 0 spiro atoms. The van der Waals surface area contributed by atoms with Gasteiger partial charge in [-0.3, -0.25) is 9.52 Å². The number of halogens is 1. The van der Waals surface area contributed by atoms with Crippen molar-refractivity contribution in [1.29, 1.82) is 0 Å². The van der Waals surface area contributed by atoms with E-state index in [1.807, 2.05) is 11.5 Å². The number of hydrogen-bond acceptors (Lipinski definition) is 6. The molecule has 1 amide bonds. The van der Waals surface area contributed by atoms with Crippen LogP contribution in [-0.4, -0.2) is 32.0 Å². The van der Waals surface area contributed by atoms with Gasteiger partial charge < -0.3 is 9.30 Å². The summed E-state index contributed by atoms with van der Waals surface area (Å²) in [5.74, 6) is -1.49. The minimum absolute atomic E-state index is 0.0849. The van der Waals surface area contributed by atoms with Crippen molar-refractivity contribution in [2.75, 3.05) is 11.8 Å². The molecule has 0 saturated heterocycles. The standard InChI is InChI=1S/C24H20FN3O5S2/c1-3-28-20-13-6-16(23(30)33-2)14-21(20)34-24(28)26-22(29)15-4-9-18(10-5-15)27-35(31,32)19-11-7-17(25)8-12-19/h4-14,27H,3H2,1-2H3. The zero-order chi connectivity index (χ0) is 25.2. The molecule has 0 fully saturated rings. The number of nitrogens with zero attached hydrogens (tertiary/aromatic N) is 2. The molecule has 0 aliphatic rings. The lowest BCUT2D eigenvalue weighted by atomic mass is 10.2. The number of ether oxygens (including phenoxy) is 1. The Morgan fingerprint density at radius 2 is 1.69 bits per heavy atom. The van der Waals surface area contributed by atoms with Gasteiger partial charge in [-0.2, -0.15) is 4.99 Å². The quantitative estimate of drug-likeness (QED) is 0.389. The predicted molar refractivity (Wildman–Crippen MR) is 130 cm³/mol. The van der Waals surface area contributed by atoms with E-state index in [0.717, 1.165) is 34.5 Å². The van der Waals surface area contributed by atoms with E-state index >= 15 is 0 Å². The van der Waals surface area contributed by atoms with Gasteiger partial charge in [-0.1, -0.05) is 11.3 Å².